The molecule has 7 heteroatoms. The molecule has 2 unspecified atom stereocenters. The van der Waals surface area contributed by atoms with Gasteiger partial charge in [0.2, 0.25) is 5.12 Å². The Morgan fingerprint density at radius 3 is 2.81 bits per heavy atom. The fraction of sp³-hybridized carbons (Fsp3) is 0.368. The Kier molecular flexibility index (Phi) is 4.28. The summed E-state index contributed by atoms with van der Waals surface area (Å²) in [5.74, 6) is -0.125. The molecule has 0 saturated heterocycles. The van der Waals surface area contributed by atoms with Crippen molar-refractivity contribution in [2.45, 2.75) is 18.6 Å². The molecule has 0 fully saturated rings. The summed E-state index contributed by atoms with van der Waals surface area (Å²) in [6.07, 6.45) is 2.61. The Hall–Kier alpha value is -2.25. The lowest BCUT2D eigenvalue weighted by atomic mass is 10.0. The van der Waals surface area contributed by atoms with E-state index in [1.54, 1.807) is 11.8 Å². The minimum absolute atomic E-state index is 0.125. The number of nitrogens with one attached hydrogen (secondary N) is 1. The maximum atomic E-state index is 13.4. The highest BCUT2D eigenvalue weighted by Crippen LogP contribution is 2.39. The molecule has 26 heavy (non-hydrogen) atoms. The molecule has 1 aromatic rings. The minimum Gasteiger partial charge on any atom is -0.379 e. The van der Waals surface area contributed by atoms with Crippen LogP contribution in [0.1, 0.15) is 13.3 Å². The van der Waals surface area contributed by atoms with Crippen LogP contribution in [0.4, 0.5) is 11.4 Å². The number of likely N-dealkylation sites (N-methyl/N-ethyl adjacent to an activating group) is 1. The molecule has 2 atom stereocenters. The van der Waals surface area contributed by atoms with Crippen molar-refractivity contribution in [2.75, 3.05) is 36.9 Å². The van der Waals surface area contributed by atoms with E-state index in [0.29, 0.717) is 23.4 Å². The van der Waals surface area contributed by atoms with Gasteiger partial charge in [0, 0.05) is 30.8 Å². The molecule has 4 rings (SSSR count). The summed E-state index contributed by atoms with van der Waals surface area (Å²) in [6.45, 7) is 3.58. The second-order valence-corrected chi connectivity index (χ2v) is 8.52. The van der Waals surface area contributed by atoms with E-state index < -0.39 is 16.0 Å². The SMILES string of the molecule is CC1C2=C(CNc3ccccc3N2C(=O)C2=CCN(C)CC2)C(=O)S1=O. The number of carbonyl (C=O) groups is 2. The second-order valence-electron chi connectivity index (χ2n) is 6.84. The third-order valence-electron chi connectivity index (χ3n) is 5.18. The number of hydrogen-bond acceptors (Lipinski definition) is 5. The Labute approximate surface area is 155 Å². The third-order valence-corrected chi connectivity index (χ3v) is 6.65. The van der Waals surface area contributed by atoms with Gasteiger partial charge in [-0.25, -0.2) is 0 Å². The van der Waals surface area contributed by atoms with Gasteiger partial charge in [-0.05, 0) is 32.5 Å². The van der Waals surface area contributed by atoms with E-state index in [1.807, 2.05) is 37.4 Å². The third kappa shape index (κ3) is 2.62. The molecule has 1 aromatic carbocycles. The van der Waals surface area contributed by atoms with E-state index in [-0.39, 0.29) is 17.6 Å². The van der Waals surface area contributed by atoms with Gasteiger partial charge >= 0.3 is 0 Å². The highest BCUT2D eigenvalue weighted by molar-refractivity contribution is 8.02. The van der Waals surface area contributed by atoms with E-state index in [1.165, 1.54) is 0 Å². The number of carbonyl (C=O) groups excluding carboxylic acids is 2. The summed E-state index contributed by atoms with van der Waals surface area (Å²) in [5, 5.41) is 2.36. The fourth-order valence-corrected chi connectivity index (χ4v) is 4.86. The van der Waals surface area contributed by atoms with E-state index in [9.17, 15) is 13.8 Å². The molecule has 136 valence electrons. The van der Waals surface area contributed by atoms with Gasteiger partial charge in [0.25, 0.3) is 5.91 Å². The van der Waals surface area contributed by atoms with Crippen molar-refractivity contribution >= 4 is 33.2 Å². The molecule has 0 radical (unpaired) electrons. The normalized spacial score (nSPS) is 26.0. The van der Waals surface area contributed by atoms with E-state index in [0.717, 1.165) is 24.4 Å². The topological polar surface area (TPSA) is 69.7 Å². The molecule has 3 heterocycles. The first-order valence-electron chi connectivity index (χ1n) is 8.72. The van der Waals surface area contributed by atoms with Crippen LogP contribution in [0.3, 0.4) is 0 Å². The molecule has 3 aliphatic rings. The number of anilines is 2. The van der Waals surface area contributed by atoms with Crippen molar-refractivity contribution in [1.29, 1.82) is 0 Å². The lowest BCUT2D eigenvalue weighted by Gasteiger charge is -2.30. The van der Waals surface area contributed by atoms with Crippen LogP contribution in [0, 0.1) is 0 Å². The van der Waals surface area contributed by atoms with Crippen molar-refractivity contribution in [2.24, 2.45) is 0 Å². The molecule has 6 nitrogen and oxygen atoms in total. The van der Waals surface area contributed by atoms with Gasteiger partial charge in [-0.2, -0.15) is 0 Å². The molecule has 3 aliphatic heterocycles. The maximum absolute atomic E-state index is 13.4. The summed E-state index contributed by atoms with van der Waals surface area (Å²) >= 11 is 0. The quantitative estimate of drug-likeness (QED) is 0.813. The van der Waals surface area contributed by atoms with Gasteiger partial charge in [-0.3, -0.25) is 18.7 Å². The molecule has 1 amide bonds. The van der Waals surface area contributed by atoms with Crippen LogP contribution < -0.4 is 10.2 Å². The summed E-state index contributed by atoms with van der Waals surface area (Å²) in [4.78, 5) is 29.7. The van der Waals surface area contributed by atoms with E-state index >= 15 is 0 Å². The van der Waals surface area contributed by atoms with Crippen LogP contribution in [0.2, 0.25) is 0 Å². The van der Waals surface area contributed by atoms with Gasteiger partial charge in [0.15, 0.2) is 0 Å². The van der Waals surface area contributed by atoms with Gasteiger partial charge in [0.05, 0.1) is 22.3 Å². The first kappa shape index (κ1) is 17.2. The first-order valence-corrected chi connectivity index (χ1v) is 9.93. The number of fused-ring (bicyclic) bond motifs is 1. The van der Waals surface area contributed by atoms with E-state index in [2.05, 4.69) is 10.2 Å². The minimum atomic E-state index is -1.64. The molecular formula is C19H21N3O3S. The van der Waals surface area contributed by atoms with Crippen LogP contribution in [-0.4, -0.2) is 52.1 Å². The average molecular weight is 371 g/mol. The van der Waals surface area contributed by atoms with Gasteiger partial charge in [0.1, 0.15) is 10.8 Å². The Morgan fingerprint density at radius 2 is 2.08 bits per heavy atom. The number of hydrogen-bond donors (Lipinski definition) is 1. The van der Waals surface area contributed by atoms with Crippen molar-refractivity contribution in [3.8, 4) is 0 Å². The molecule has 0 bridgehead atoms. The second kappa shape index (κ2) is 6.48. The van der Waals surface area contributed by atoms with Gasteiger partial charge in [-0.15, -0.1) is 0 Å². The average Bonchev–Trinajstić information content (AvgIpc) is 2.79. The van der Waals surface area contributed by atoms with Crippen LogP contribution in [0.15, 0.2) is 47.2 Å². The summed E-state index contributed by atoms with van der Waals surface area (Å²) in [6, 6.07) is 7.52. The smallest absolute Gasteiger partial charge is 0.258 e. The van der Waals surface area contributed by atoms with Gasteiger partial charge < -0.3 is 10.2 Å². The predicted molar refractivity (Wildman–Crippen MR) is 102 cm³/mol. The van der Waals surface area contributed by atoms with Crippen molar-refractivity contribution < 1.29 is 13.8 Å². The molecule has 0 aromatic heterocycles. The van der Waals surface area contributed by atoms with Crippen LogP contribution in [-0.2, 0) is 20.4 Å². The maximum Gasteiger partial charge on any atom is 0.258 e. The predicted octanol–water partition coefficient (Wildman–Crippen LogP) is 1.64. The largest absolute Gasteiger partial charge is 0.379 e. The highest BCUT2D eigenvalue weighted by atomic mass is 32.2. The first-order chi connectivity index (χ1) is 12.5. The van der Waals surface area contributed by atoms with Crippen molar-refractivity contribution in [3.05, 3.63) is 47.2 Å². The van der Waals surface area contributed by atoms with Crippen molar-refractivity contribution in [3.63, 3.8) is 0 Å². The number of rotatable bonds is 1. The number of nitrogens with zero attached hydrogens (tertiary/aromatic N) is 2. The Bertz CT molecular complexity index is 890. The van der Waals surface area contributed by atoms with Crippen LogP contribution in [0.5, 0.6) is 0 Å². The zero-order chi connectivity index (χ0) is 18.4. The zero-order valence-corrected chi connectivity index (χ0v) is 15.6. The molecule has 1 N–H and O–H groups in total. The lowest BCUT2D eigenvalue weighted by Crippen LogP contribution is -2.37. The van der Waals surface area contributed by atoms with E-state index in [4.69, 9.17) is 0 Å². The Balaban J connectivity index is 1.85. The molecule has 0 aliphatic carbocycles. The molecular weight excluding hydrogens is 350 g/mol. The zero-order valence-electron chi connectivity index (χ0n) is 14.8. The van der Waals surface area contributed by atoms with Gasteiger partial charge in [-0.1, -0.05) is 18.2 Å². The molecule has 0 saturated carbocycles. The Morgan fingerprint density at radius 1 is 1.31 bits per heavy atom. The fourth-order valence-electron chi connectivity index (χ4n) is 3.67. The highest BCUT2D eigenvalue weighted by Gasteiger charge is 2.43. The monoisotopic (exact) mass is 371 g/mol. The number of amides is 1. The molecule has 0 spiro atoms. The van der Waals surface area contributed by atoms with Crippen molar-refractivity contribution in [1.82, 2.24) is 4.90 Å². The number of para-hydroxylation sites is 2. The summed E-state index contributed by atoms with van der Waals surface area (Å²) < 4.78 is 12.4. The standard InChI is InChI=1S/C19H21N3O3S/c1-12-17-14(19(24)26(12)25)11-20-15-5-3-4-6-16(15)22(17)18(23)13-7-9-21(2)10-8-13/h3-7,12,20H,8-11H2,1-2H3. The summed E-state index contributed by atoms with van der Waals surface area (Å²) in [5.41, 5.74) is 3.28. The van der Waals surface area contributed by atoms with Crippen LogP contribution >= 0.6 is 0 Å². The lowest BCUT2D eigenvalue weighted by molar-refractivity contribution is -0.115. The summed E-state index contributed by atoms with van der Waals surface area (Å²) in [7, 11) is 0.379. The number of benzene rings is 1. The van der Waals surface area contributed by atoms with Crippen LogP contribution in [0.25, 0.3) is 0 Å².